The number of carbonyl (C=O) groups is 5. The minimum Gasteiger partial charge on any atom is -0.478 e. The summed E-state index contributed by atoms with van der Waals surface area (Å²) in [7, 11) is 3.19. The van der Waals surface area contributed by atoms with Crippen molar-refractivity contribution in [3.05, 3.63) is 51.9 Å². The third kappa shape index (κ3) is 6.87. The number of nitrogens with zero attached hydrogens (tertiary/aromatic N) is 6. The van der Waals surface area contributed by atoms with Crippen LogP contribution in [0, 0.1) is 0 Å². The second kappa shape index (κ2) is 14.1. The van der Waals surface area contributed by atoms with Crippen LogP contribution < -0.4 is 15.6 Å². The van der Waals surface area contributed by atoms with E-state index in [0.717, 1.165) is 27.3 Å². The van der Waals surface area contributed by atoms with Crippen LogP contribution in [0.4, 0.5) is 9.93 Å². The normalized spacial score (nSPS) is 18.2. The lowest BCUT2D eigenvalue weighted by Crippen LogP contribution is -2.71. The van der Waals surface area contributed by atoms with Crippen molar-refractivity contribution in [2.75, 3.05) is 32.2 Å². The molecule has 3 aromatic rings. The smallest absolute Gasteiger partial charge is 0.409 e. The average molecular weight is 722 g/mol. The summed E-state index contributed by atoms with van der Waals surface area (Å²) < 4.78 is 9.00. The number of ether oxygens (including phenoxy) is 1. The summed E-state index contributed by atoms with van der Waals surface area (Å²) in [6.07, 6.45) is 1.77. The Bertz CT molecular complexity index is 1870. The van der Waals surface area contributed by atoms with Crippen LogP contribution in [0.25, 0.3) is 11.0 Å². The van der Waals surface area contributed by atoms with Crippen LogP contribution in [0.2, 0.25) is 4.34 Å². The predicted octanol–water partition coefficient (Wildman–Crippen LogP) is 0.952. The first-order chi connectivity index (χ1) is 22.8. The van der Waals surface area contributed by atoms with Crippen LogP contribution >= 0.6 is 34.7 Å². The summed E-state index contributed by atoms with van der Waals surface area (Å²) in [4.78, 5) is 73.6. The van der Waals surface area contributed by atoms with Crippen LogP contribution in [0.15, 0.2) is 47.0 Å². The number of carboxylic acid groups (broad SMARTS) is 2. The monoisotopic (exact) mass is 721 g/mol. The number of thioether (sulfide) groups is 1. The fourth-order valence-electron chi connectivity index (χ4n) is 4.96. The fraction of sp³-hybridized carbons (Fsp3) is 0.357. The van der Waals surface area contributed by atoms with Crippen LogP contribution in [0.1, 0.15) is 12.6 Å². The Labute approximate surface area is 285 Å². The summed E-state index contributed by atoms with van der Waals surface area (Å²) in [5, 5.41) is 24.8. The molecule has 254 valence electrons. The highest BCUT2D eigenvalue weighted by Crippen LogP contribution is 2.40. The van der Waals surface area contributed by atoms with Gasteiger partial charge in [0.15, 0.2) is 23.6 Å². The highest BCUT2D eigenvalue weighted by atomic mass is 35.5. The average Bonchev–Trinajstić information content (AvgIpc) is 3.61. The number of thiazole rings is 1. The number of anilines is 1. The molecule has 5 rings (SSSR count). The van der Waals surface area contributed by atoms with Gasteiger partial charge in [-0.1, -0.05) is 28.1 Å². The SMILES string of the molecule is C[C@H](O/N=C(\C(=O)N[C@@H]1C(=O)N2C(C(=O)O)=C(C[n+]3cccc4c3ccn4CCOC(=O)N(C)C)CS[C@H]12)c1nc(N)sc1Cl)C(=O)O. The summed E-state index contributed by atoms with van der Waals surface area (Å²) in [5.74, 6) is -4.02. The van der Waals surface area contributed by atoms with Gasteiger partial charge in [0.1, 0.15) is 39.3 Å². The van der Waals surface area contributed by atoms with Gasteiger partial charge in [-0.3, -0.25) is 14.5 Å². The van der Waals surface area contributed by atoms with Gasteiger partial charge in [-0.25, -0.2) is 19.4 Å². The van der Waals surface area contributed by atoms with Gasteiger partial charge in [-0.05, 0) is 13.0 Å². The van der Waals surface area contributed by atoms with E-state index in [1.54, 1.807) is 20.3 Å². The molecule has 5 heterocycles. The Hall–Kier alpha value is -4.88. The number of nitrogens with one attached hydrogen (secondary N) is 1. The molecule has 0 unspecified atom stereocenters. The van der Waals surface area contributed by atoms with E-state index >= 15 is 0 Å². The molecule has 3 amide bonds. The number of pyridine rings is 1. The number of oxime groups is 1. The van der Waals surface area contributed by atoms with Crippen molar-refractivity contribution in [1.82, 2.24) is 24.7 Å². The highest BCUT2D eigenvalue weighted by molar-refractivity contribution is 8.00. The molecular formula is C28H30ClN8O9S2+. The molecule has 0 aliphatic carbocycles. The van der Waals surface area contributed by atoms with E-state index < -0.39 is 53.1 Å². The zero-order chi connectivity index (χ0) is 34.9. The first-order valence-electron chi connectivity index (χ1n) is 14.2. The lowest BCUT2D eigenvalue weighted by molar-refractivity contribution is -0.663. The molecule has 0 aromatic carbocycles. The first-order valence-corrected chi connectivity index (χ1v) is 16.4. The number of amides is 3. The minimum absolute atomic E-state index is 0.00919. The van der Waals surface area contributed by atoms with E-state index in [0.29, 0.717) is 12.1 Å². The highest BCUT2D eigenvalue weighted by Gasteiger charge is 2.55. The number of β-lactam (4-membered cyclic amide) rings is 1. The molecule has 0 spiro atoms. The number of fused-ring (bicyclic) bond motifs is 2. The third-order valence-corrected chi connectivity index (χ3v) is 9.75. The zero-order valence-electron chi connectivity index (χ0n) is 25.7. The Balaban J connectivity index is 1.34. The second-order valence-electron chi connectivity index (χ2n) is 10.7. The van der Waals surface area contributed by atoms with E-state index in [2.05, 4.69) is 15.5 Å². The lowest BCUT2D eigenvalue weighted by Gasteiger charge is -2.49. The molecule has 0 bridgehead atoms. The van der Waals surface area contributed by atoms with E-state index in [1.807, 2.05) is 33.5 Å². The van der Waals surface area contributed by atoms with Gasteiger partial charge in [0.25, 0.3) is 11.8 Å². The Morgan fingerprint density at radius 1 is 1.29 bits per heavy atom. The van der Waals surface area contributed by atoms with Crippen molar-refractivity contribution < 1.29 is 48.3 Å². The van der Waals surface area contributed by atoms with Crippen molar-refractivity contribution in [3.8, 4) is 0 Å². The van der Waals surface area contributed by atoms with Crippen LogP contribution in [-0.2, 0) is 41.8 Å². The van der Waals surface area contributed by atoms with Gasteiger partial charge >= 0.3 is 18.0 Å². The Morgan fingerprint density at radius 3 is 2.69 bits per heavy atom. The molecule has 3 atom stereocenters. The topological polar surface area (TPSA) is 223 Å². The summed E-state index contributed by atoms with van der Waals surface area (Å²) in [6, 6.07) is 4.43. The van der Waals surface area contributed by atoms with E-state index in [1.165, 1.54) is 23.6 Å². The first kappa shape index (κ1) is 34.5. The van der Waals surface area contributed by atoms with Gasteiger partial charge in [0.05, 0.1) is 6.54 Å². The number of aliphatic carboxylic acids is 2. The van der Waals surface area contributed by atoms with Gasteiger partial charge in [0.2, 0.25) is 11.6 Å². The molecule has 5 N–H and O–H groups in total. The molecule has 0 saturated carbocycles. The summed E-state index contributed by atoms with van der Waals surface area (Å²) >= 11 is 8.29. The molecule has 2 aliphatic heterocycles. The number of carbonyl (C=O) groups excluding carboxylic acids is 3. The maximum Gasteiger partial charge on any atom is 0.409 e. The largest absolute Gasteiger partial charge is 0.478 e. The molecule has 20 heteroatoms. The number of halogens is 1. The third-order valence-electron chi connectivity index (χ3n) is 7.33. The Kier molecular flexibility index (Phi) is 10.1. The standard InChI is InChI=1S/C28H29ClN8O9S2/c1-13(25(40)41)46-33-18(17-21(29)48-27(30)32-17)22(38)31-19-23(39)37-20(26(42)43)14(12-47-24(19)37)11-36-7-4-5-15-16(36)6-8-35(15)9-10-45-28(44)34(2)3/h4-8,13,19,24H,9-12H2,1-3H3,(H4-,30,31,32,38,40,41,42,43)/p+1/b33-18-/t13-,19+,24+/m0/s1. The van der Waals surface area contributed by atoms with Crippen LogP contribution in [0.3, 0.4) is 0 Å². The number of carboxylic acids is 2. The van der Waals surface area contributed by atoms with E-state index in [-0.39, 0.29) is 39.8 Å². The summed E-state index contributed by atoms with van der Waals surface area (Å²) in [6.45, 7) is 1.92. The predicted molar refractivity (Wildman–Crippen MR) is 173 cm³/mol. The van der Waals surface area contributed by atoms with Crippen molar-refractivity contribution in [1.29, 1.82) is 0 Å². The second-order valence-corrected chi connectivity index (χ2v) is 13.5. The zero-order valence-corrected chi connectivity index (χ0v) is 28.0. The number of hydrogen-bond acceptors (Lipinski definition) is 12. The van der Waals surface area contributed by atoms with Crippen molar-refractivity contribution in [2.24, 2.45) is 5.16 Å². The minimum atomic E-state index is -1.42. The number of rotatable bonds is 12. The molecule has 1 fully saturated rings. The van der Waals surface area contributed by atoms with Gasteiger partial charge in [-0.2, -0.15) is 4.57 Å². The van der Waals surface area contributed by atoms with Crippen LogP contribution in [0.5, 0.6) is 0 Å². The van der Waals surface area contributed by atoms with Gasteiger partial charge in [0, 0.05) is 43.8 Å². The van der Waals surface area contributed by atoms with Gasteiger partial charge < -0.3 is 40.3 Å². The fourth-order valence-corrected chi connectivity index (χ4v) is 7.22. The van der Waals surface area contributed by atoms with Crippen molar-refractivity contribution in [2.45, 2.75) is 37.5 Å². The Morgan fingerprint density at radius 2 is 2.04 bits per heavy atom. The molecule has 1 saturated heterocycles. The molecule has 0 radical (unpaired) electrons. The summed E-state index contributed by atoms with van der Waals surface area (Å²) in [5.41, 5.74) is 6.97. The number of nitrogen functional groups attached to an aromatic ring is 1. The molecule has 17 nitrogen and oxygen atoms in total. The number of hydrogen-bond donors (Lipinski definition) is 4. The van der Waals surface area contributed by atoms with E-state index in [9.17, 15) is 29.1 Å². The maximum atomic E-state index is 13.4. The number of aromatic nitrogens is 3. The molecule has 3 aromatic heterocycles. The number of nitrogens with two attached hydrogens (primary N) is 1. The lowest BCUT2D eigenvalue weighted by atomic mass is 10.0. The molecule has 2 aliphatic rings. The molecular weight excluding hydrogens is 692 g/mol. The van der Waals surface area contributed by atoms with E-state index in [4.69, 9.17) is 32.0 Å². The quantitative estimate of drug-likeness (QED) is 0.0889. The maximum absolute atomic E-state index is 13.4. The van der Waals surface area contributed by atoms with Gasteiger partial charge in [-0.15, -0.1) is 11.8 Å². The van der Waals surface area contributed by atoms with Crippen LogP contribution in [-0.4, -0.2) is 109 Å². The molecule has 48 heavy (non-hydrogen) atoms. The van der Waals surface area contributed by atoms with Crippen molar-refractivity contribution >= 4 is 86.4 Å². The van der Waals surface area contributed by atoms with Crippen molar-refractivity contribution in [3.63, 3.8) is 0 Å².